The Kier molecular flexibility index (Phi) is 4.73. The maximum absolute atomic E-state index is 11.3. The standard InChI is InChI=1S/C11H18N2O2S/c1-4-15-11(14)9(12)5-8-6-16-10(13-8)7(2)3/h5-7,10,13H,4,12H2,1-3H3/b9-5-. The molecule has 16 heavy (non-hydrogen) atoms. The van der Waals surface area contributed by atoms with Crippen molar-refractivity contribution >= 4 is 17.7 Å². The summed E-state index contributed by atoms with van der Waals surface area (Å²) in [4.78, 5) is 11.3. The molecule has 0 aromatic carbocycles. The highest BCUT2D eigenvalue weighted by Crippen LogP contribution is 2.26. The van der Waals surface area contributed by atoms with Gasteiger partial charge in [0.05, 0.1) is 12.0 Å². The molecule has 1 rings (SSSR count). The zero-order valence-corrected chi connectivity index (χ0v) is 10.6. The topological polar surface area (TPSA) is 64.3 Å². The lowest BCUT2D eigenvalue weighted by molar-refractivity contribution is -0.138. The Morgan fingerprint density at radius 3 is 2.94 bits per heavy atom. The molecule has 1 aliphatic rings. The van der Waals surface area contributed by atoms with Crippen LogP contribution in [-0.4, -0.2) is 18.0 Å². The fourth-order valence-electron chi connectivity index (χ4n) is 1.22. The fourth-order valence-corrected chi connectivity index (χ4v) is 2.17. The summed E-state index contributed by atoms with van der Waals surface area (Å²) in [5.74, 6) is 0.0548. The van der Waals surface area contributed by atoms with Gasteiger partial charge in [0.25, 0.3) is 0 Å². The molecule has 0 fully saturated rings. The lowest BCUT2D eigenvalue weighted by Gasteiger charge is -2.15. The van der Waals surface area contributed by atoms with Crippen LogP contribution in [-0.2, 0) is 9.53 Å². The number of nitrogens with one attached hydrogen (secondary N) is 1. The first-order valence-corrected chi connectivity index (χ1v) is 6.25. The Labute approximate surface area is 100 Å². The van der Waals surface area contributed by atoms with Crippen LogP contribution in [0.4, 0.5) is 0 Å². The normalized spacial score (nSPS) is 20.6. The molecule has 1 aliphatic heterocycles. The van der Waals surface area contributed by atoms with Crippen LogP contribution in [0, 0.1) is 5.92 Å². The molecular weight excluding hydrogens is 224 g/mol. The quantitative estimate of drug-likeness (QED) is 0.578. The Hall–Kier alpha value is -1.10. The first-order chi connectivity index (χ1) is 7.54. The van der Waals surface area contributed by atoms with Crippen molar-refractivity contribution in [1.82, 2.24) is 5.32 Å². The molecule has 0 saturated heterocycles. The molecule has 0 aromatic heterocycles. The summed E-state index contributed by atoms with van der Waals surface area (Å²) in [6.07, 6.45) is 1.62. The minimum atomic E-state index is -0.469. The third-order valence-electron chi connectivity index (χ3n) is 2.08. The highest BCUT2D eigenvalue weighted by molar-refractivity contribution is 8.03. The van der Waals surface area contributed by atoms with E-state index in [4.69, 9.17) is 10.5 Å². The third-order valence-corrected chi connectivity index (χ3v) is 3.42. The summed E-state index contributed by atoms with van der Waals surface area (Å²) in [6, 6.07) is 0. The first kappa shape index (κ1) is 13.0. The predicted octanol–water partition coefficient (Wildman–Crippen LogP) is 1.55. The van der Waals surface area contributed by atoms with E-state index in [1.54, 1.807) is 24.8 Å². The van der Waals surface area contributed by atoms with Crippen molar-refractivity contribution in [3.63, 3.8) is 0 Å². The fraction of sp³-hybridized carbons (Fsp3) is 0.545. The number of rotatable bonds is 4. The number of allylic oxidation sites excluding steroid dienone is 1. The Morgan fingerprint density at radius 2 is 2.44 bits per heavy atom. The number of thioether (sulfide) groups is 1. The molecule has 0 aromatic rings. The number of hydrogen-bond donors (Lipinski definition) is 2. The van der Waals surface area contributed by atoms with E-state index in [1.165, 1.54) is 0 Å². The second-order valence-corrected chi connectivity index (χ2v) is 4.85. The van der Waals surface area contributed by atoms with Gasteiger partial charge in [-0.1, -0.05) is 13.8 Å². The van der Waals surface area contributed by atoms with Crippen molar-refractivity contribution in [2.45, 2.75) is 26.1 Å². The van der Waals surface area contributed by atoms with Crippen molar-refractivity contribution < 1.29 is 9.53 Å². The second-order valence-electron chi connectivity index (χ2n) is 3.84. The van der Waals surface area contributed by atoms with Gasteiger partial charge in [0.2, 0.25) is 0 Å². The summed E-state index contributed by atoms with van der Waals surface area (Å²) < 4.78 is 4.79. The number of esters is 1. The zero-order valence-electron chi connectivity index (χ0n) is 9.82. The molecule has 0 spiro atoms. The summed E-state index contributed by atoms with van der Waals surface area (Å²) in [5.41, 5.74) is 6.60. The van der Waals surface area contributed by atoms with Crippen LogP contribution < -0.4 is 11.1 Å². The lowest BCUT2D eigenvalue weighted by Crippen LogP contribution is -2.26. The van der Waals surface area contributed by atoms with E-state index in [9.17, 15) is 4.79 Å². The number of carbonyl (C=O) groups excluding carboxylic acids is 1. The maximum Gasteiger partial charge on any atom is 0.354 e. The monoisotopic (exact) mass is 242 g/mol. The number of ether oxygens (including phenoxy) is 1. The average Bonchev–Trinajstić information content (AvgIpc) is 2.66. The van der Waals surface area contributed by atoms with Crippen molar-refractivity contribution in [2.24, 2.45) is 11.7 Å². The van der Waals surface area contributed by atoms with E-state index in [0.29, 0.717) is 17.9 Å². The molecule has 0 saturated carbocycles. The SMILES string of the molecule is CCOC(=O)/C(N)=C/C1=CSC(C(C)C)N1. The van der Waals surface area contributed by atoms with Crippen molar-refractivity contribution in [3.05, 3.63) is 22.9 Å². The molecule has 3 N–H and O–H groups in total. The van der Waals surface area contributed by atoms with Gasteiger partial charge in [-0.2, -0.15) is 0 Å². The Balaban J connectivity index is 2.55. The molecular formula is C11H18N2O2S. The van der Waals surface area contributed by atoms with E-state index in [-0.39, 0.29) is 5.70 Å². The molecule has 1 atom stereocenters. The van der Waals surface area contributed by atoms with Crippen LogP contribution in [0.15, 0.2) is 22.9 Å². The van der Waals surface area contributed by atoms with Crippen LogP contribution in [0.3, 0.4) is 0 Å². The minimum absolute atomic E-state index is 0.130. The molecule has 1 unspecified atom stereocenters. The molecule has 0 amide bonds. The molecule has 1 heterocycles. The van der Waals surface area contributed by atoms with Gasteiger partial charge in [0.1, 0.15) is 5.70 Å². The highest BCUT2D eigenvalue weighted by Gasteiger charge is 2.19. The maximum atomic E-state index is 11.3. The summed E-state index contributed by atoms with van der Waals surface area (Å²) in [6.45, 7) is 6.37. The Bertz CT molecular complexity index is 324. The Morgan fingerprint density at radius 1 is 1.75 bits per heavy atom. The third kappa shape index (κ3) is 3.48. The molecule has 0 radical (unpaired) electrons. The minimum Gasteiger partial charge on any atom is -0.461 e. The van der Waals surface area contributed by atoms with Gasteiger partial charge in [-0.05, 0) is 24.3 Å². The largest absolute Gasteiger partial charge is 0.461 e. The number of hydrogen-bond acceptors (Lipinski definition) is 5. The first-order valence-electron chi connectivity index (χ1n) is 5.31. The average molecular weight is 242 g/mol. The van der Waals surface area contributed by atoms with Crippen LogP contribution in [0.25, 0.3) is 0 Å². The van der Waals surface area contributed by atoms with Gasteiger partial charge < -0.3 is 15.8 Å². The van der Waals surface area contributed by atoms with Crippen molar-refractivity contribution in [1.29, 1.82) is 0 Å². The van der Waals surface area contributed by atoms with Crippen LogP contribution in [0.1, 0.15) is 20.8 Å². The van der Waals surface area contributed by atoms with Crippen LogP contribution in [0.2, 0.25) is 0 Å². The van der Waals surface area contributed by atoms with Gasteiger partial charge in [0.15, 0.2) is 0 Å². The summed E-state index contributed by atoms with van der Waals surface area (Å²) in [7, 11) is 0. The molecule has 90 valence electrons. The molecule has 4 nitrogen and oxygen atoms in total. The number of nitrogens with two attached hydrogens (primary N) is 1. The number of carbonyl (C=O) groups is 1. The van der Waals surface area contributed by atoms with E-state index >= 15 is 0 Å². The molecule has 0 bridgehead atoms. The van der Waals surface area contributed by atoms with Gasteiger partial charge >= 0.3 is 5.97 Å². The smallest absolute Gasteiger partial charge is 0.354 e. The molecule has 5 heteroatoms. The molecule has 0 aliphatic carbocycles. The van der Waals surface area contributed by atoms with E-state index < -0.39 is 5.97 Å². The predicted molar refractivity (Wildman–Crippen MR) is 66.3 cm³/mol. The van der Waals surface area contributed by atoms with E-state index in [2.05, 4.69) is 19.2 Å². The summed E-state index contributed by atoms with van der Waals surface area (Å²) in [5, 5.41) is 5.60. The summed E-state index contributed by atoms with van der Waals surface area (Å²) >= 11 is 1.70. The van der Waals surface area contributed by atoms with Gasteiger partial charge in [-0.15, -0.1) is 11.8 Å². The van der Waals surface area contributed by atoms with Crippen molar-refractivity contribution in [3.8, 4) is 0 Å². The van der Waals surface area contributed by atoms with Gasteiger partial charge in [0, 0.05) is 5.70 Å². The van der Waals surface area contributed by atoms with Gasteiger partial charge in [-0.3, -0.25) is 0 Å². The second kappa shape index (κ2) is 5.84. The van der Waals surface area contributed by atoms with E-state index in [0.717, 1.165) is 5.70 Å². The van der Waals surface area contributed by atoms with Crippen LogP contribution >= 0.6 is 11.8 Å². The zero-order chi connectivity index (χ0) is 12.1. The van der Waals surface area contributed by atoms with Gasteiger partial charge in [-0.25, -0.2) is 4.79 Å². The highest BCUT2D eigenvalue weighted by atomic mass is 32.2. The van der Waals surface area contributed by atoms with E-state index in [1.807, 2.05) is 5.41 Å². The van der Waals surface area contributed by atoms with Crippen molar-refractivity contribution in [2.75, 3.05) is 6.61 Å². The lowest BCUT2D eigenvalue weighted by atomic mass is 10.2. The van der Waals surface area contributed by atoms with Crippen LogP contribution in [0.5, 0.6) is 0 Å².